The highest BCUT2D eigenvalue weighted by Gasteiger charge is 2.29. The van der Waals surface area contributed by atoms with Crippen molar-refractivity contribution in [3.8, 4) is 0 Å². The van der Waals surface area contributed by atoms with Crippen molar-refractivity contribution in [2.45, 2.75) is 45.6 Å². The summed E-state index contributed by atoms with van der Waals surface area (Å²) in [6.45, 7) is 4.67. The van der Waals surface area contributed by atoms with Crippen LogP contribution in [0.2, 0.25) is 1.41 Å². The molecule has 0 aliphatic heterocycles. The number of nitrogens with two attached hydrogens (primary N) is 1. The second-order valence-electron chi connectivity index (χ2n) is 5.65. The third kappa shape index (κ3) is 5.95. The fourth-order valence-corrected chi connectivity index (χ4v) is 1.61. The van der Waals surface area contributed by atoms with Gasteiger partial charge in [0.25, 0.3) is 0 Å². The van der Waals surface area contributed by atoms with E-state index >= 15 is 0 Å². The number of benzene rings is 1. The number of hydrogen-bond donors (Lipinski definition) is 2. The first-order chi connectivity index (χ1) is 10.7. The topological polar surface area (TPSA) is 102 Å². The van der Waals surface area contributed by atoms with E-state index in [1.807, 2.05) is 30.0 Å². The normalized spacial score (nSPS) is 12.5. The van der Waals surface area contributed by atoms with Crippen molar-refractivity contribution < 1.29 is 20.9 Å². The second-order valence-corrected chi connectivity index (χ2v) is 5.65. The number of oxime groups is 1. The summed E-state index contributed by atoms with van der Waals surface area (Å²) in [6.07, 6.45) is 1.56. The molecule has 0 heterocycles. The minimum absolute atomic E-state index is 0.183. The minimum Gasteiger partial charge on any atom is -0.478 e. The molecule has 0 aromatic heterocycles. The van der Waals surface area contributed by atoms with Gasteiger partial charge < -0.3 is 15.7 Å². The van der Waals surface area contributed by atoms with Crippen molar-refractivity contribution in [1.82, 2.24) is 0 Å². The number of aliphatic carboxylic acids is 1. The van der Waals surface area contributed by atoms with E-state index in [1.54, 1.807) is 6.92 Å². The molecule has 22 heavy (non-hydrogen) atoms. The van der Waals surface area contributed by atoms with E-state index in [4.69, 9.17) is 11.4 Å². The minimum atomic E-state index is -1.35. The zero-order valence-electron chi connectivity index (χ0n) is 14.0. The Morgan fingerprint density at radius 2 is 1.91 bits per heavy atom. The Hall–Kier alpha value is -2.37. The summed E-state index contributed by atoms with van der Waals surface area (Å²) >= 11 is 0. The third-order valence-electron chi connectivity index (χ3n) is 3.11. The van der Waals surface area contributed by atoms with Crippen LogP contribution in [0, 0.1) is 0 Å². The molecule has 6 nitrogen and oxygen atoms in total. The number of carboxylic acid groups (broad SMARTS) is 1. The van der Waals surface area contributed by atoms with Gasteiger partial charge in [0, 0.05) is 0 Å². The summed E-state index contributed by atoms with van der Waals surface area (Å²) in [5.41, 5.74) is 3.12. The average molecular weight is 307 g/mol. The molecule has 0 fully saturated rings. The molecule has 1 aromatic rings. The number of carboxylic acids is 1. The molecule has 0 spiro atoms. The molecule has 0 atom stereocenters. The van der Waals surface area contributed by atoms with Crippen LogP contribution in [-0.2, 0) is 27.3 Å². The van der Waals surface area contributed by atoms with Crippen LogP contribution in [0.4, 0.5) is 0 Å². The molecule has 0 unspecified atom stereocenters. The fourth-order valence-electron chi connectivity index (χ4n) is 1.61. The Kier molecular flexibility index (Phi) is 5.52. The summed E-state index contributed by atoms with van der Waals surface area (Å²) in [7, 11) is 0. The number of hydrogen-bond acceptors (Lipinski definition) is 4. The fraction of sp³-hybridized carbons (Fsp3) is 0.438. The zero-order chi connectivity index (χ0) is 17.5. The van der Waals surface area contributed by atoms with Gasteiger partial charge in [-0.3, -0.25) is 4.79 Å². The number of carbonyl (C=O) groups excluding carboxylic acids is 1. The largest absolute Gasteiger partial charge is 0.478 e. The molecular weight excluding hydrogens is 284 g/mol. The number of primary amides is 1. The molecule has 0 radical (unpaired) electrons. The van der Waals surface area contributed by atoms with E-state index in [1.165, 1.54) is 13.8 Å². The SMILES string of the molecule is [2H]NC(=O)Cc1ccc(CC/C(C)=N/OC(C)(C)C(=O)O)cc1. The van der Waals surface area contributed by atoms with E-state index in [-0.39, 0.29) is 12.3 Å². The zero-order valence-corrected chi connectivity index (χ0v) is 13.0. The van der Waals surface area contributed by atoms with Crippen LogP contribution in [0.1, 0.15) is 38.3 Å². The first kappa shape index (κ1) is 16.0. The van der Waals surface area contributed by atoms with Gasteiger partial charge in [0.2, 0.25) is 11.5 Å². The lowest BCUT2D eigenvalue weighted by molar-refractivity contribution is -0.161. The van der Waals surface area contributed by atoms with E-state index in [2.05, 4.69) is 5.16 Å². The predicted octanol–water partition coefficient (Wildman–Crippen LogP) is 1.90. The van der Waals surface area contributed by atoms with Crippen LogP contribution in [0.5, 0.6) is 0 Å². The third-order valence-corrected chi connectivity index (χ3v) is 3.11. The van der Waals surface area contributed by atoms with Gasteiger partial charge in [-0.25, -0.2) is 4.79 Å². The van der Waals surface area contributed by atoms with E-state index in [0.717, 1.165) is 17.5 Å². The molecule has 3 N–H and O–H groups in total. The van der Waals surface area contributed by atoms with Crippen LogP contribution >= 0.6 is 0 Å². The summed E-state index contributed by atoms with van der Waals surface area (Å²) in [5.74, 6) is -1.42. The number of carbonyl (C=O) groups is 2. The highest BCUT2D eigenvalue weighted by atomic mass is 16.7. The number of nitrogens with zero attached hydrogens (tertiary/aromatic N) is 1. The van der Waals surface area contributed by atoms with Gasteiger partial charge in [0.05, 0.1) is 12.1 Å². The van der Waals surface area contributed by atoms with Crippen molar-refractivity contribution in [3.05, 3.63) is 35.4 Å². The van der Waals surface area contributed by atoms with Crippen LogP contribution in [-0.4, -0.2) is 28.3 Å². The molecule has 0 saturated heterocycles. The maximum absolute atomic E-state index is 11.1. The van der Waals surface area contributed by atoms with Crippen LogP contribution < -0.4 is 5.73 Å². The Balaban J connectivity index is 2.51. The quantitative estimate of drug-likeness (QED) is 0.565. The number of amides is 1. The van der Waals surface area contributed by atoms with E-state index < -0.39 is 11.6 Å². The van der Waals surface area contributed by atoms with Crippen molar-refractivity contribution >= 4 is 17.6 Å². The Labute approximate surface area is 131 Å². The van der Waals surface area contributed by atoms with Gasteiger partial charge in [0.15, 0.2) is 1.41 Å². The molecule has 0 bridgehead atoms. The first-order valence-electron chi connectivity index (χ1n) is 7.48. The van der Waals surface area contributed by atoms with Gasteiger partial charge in [-0.2, -0.15) is 0 Å². The summed E-state index contributed by atoms with van der Waals surface area (Å²) in [6, 6.07) is 7.53. The Morgan fingerprint density at radius 1 is 1.32 bits per heavy atom. The molecule has 0 saturated carbocycles. The molecule has 0 aliphatic carbocycles. The van der Waals surface area contributed by atoms with Crippen molar-refractivity contribution in [3.63, 3.8) is 0 Å². The maximum Gasteiger partial charge on any atom is 0.350 e. The lowest BCUT2D eigenvalue weighted by Gasteiger charge is -2.16. The molecule has 1 rings (SSSR count). The lowest BCUT2D eigenvalue weighted by atomic mass is 10.0. The van der Waals surface area contributed by atoms with Crippen molar-refractivity contribution in [1.29, 1.82) is 0 Å². The Bertz CT molecular complexity index is 582. The second kappa shape index (κ2) is 7.59. The smallest absolute Gasteiger partial charge is 0.350 e. The molecule has 1 amide bonds. The van der Waals surface area contributed by atoms with Gasteiger partial charge in [0.1, 0.15) is 0 Å². The van der Waals surface area contributed by atoms with Crippen molar-refractivity contribution in [2.75, 3.05) is 0 Å². The predicted molar refractivity (Wildman–Crippen MR) is 83.6 cm³/mol. The molecule has 120 valence electrons. The molecule has 1 aromatic carbocycles. The molecule has 6 heteroatoms. The summed E-state index contributed by atoms with van der Waals surface area (Å²) < 4.78 is 6.76. The van der Waals surface area contributed by atoms with Gasteiger partial charge in [-0.1, -0.05) is 29.4 Å². The number of aryl methyl sites for hydroxylation is 1. The van der Waals surface area contributed by atoms with E-state index in [9.17, 15) is 9.59 Å². The van der Waals surface area contributed by atoms with Gasteiger partial charge in [-0.05, 0) is 44.7 Å². The summed E-state index contributed by atoms with van der Waals surface area (Å²) in [4.78, 5) is 27.1. The highest BCUT2D eigenvalue weighted by molar-refractivity contribution is 5.82. The lowest BCUT2D eigenvalue weighted by Crippen LogP contribution is -2.33. The van der Waals surface area contributed by atoms with Crippen molar-refractivity contribution in [2.24, 2.45) is 10.9 Å². The first-order valence-corrected chi connectivity index (χ1v) is 6.98. The standard InChI is InChI=1S/C16H22N2O4/c1-11(18-22-16(2,3)15(20)21)4-5-12-6-8-13(9-7-12)10-14(17)19/h6-9H,4-5,10H2,1-3H3,(H2,17,19)(H,20,21)/b18-11+/i/hD. The van der Waals surface area contributed by atoms with Gasteiger partial charge >= 0.3 is 5.97 Å². The van der Waals surface area contributed by atoms with E-state index in [0.29, 0.717) is 12.1 Å². The van der Waals surface area contributed by atoms with Gasteiger partial charge in [-0.15, -0.1) is 0 Å². The van der Waals surface area contributed by atoms with Crippen LogP contribution in [0.3, 0.4) is 0 Å². The summed E-state index contributed by atoms with van der Waals surface area (Å²) in [5, 5.41) is 12.8. The molecular formula is C16H22N2O4. The number of rotatable bonds is 8. The Morgan fingerprint density at radius 3 is 2.45 bits per heavy atom. The van der Waals surface area contributed by atoms with Crippen LogP contribution in [0.25, 0.3) is 0 Å². The maximum atomic E-state index is 11.1. The highest BCUT2D eigenvalue weighted by Crippen LogP contribution is 2.11. The average Bonchev–Trinajstić information content (AvgIpc) is 2.52. The monoisotopic (exact) mass is 307 g/mol. The van der Waals surface area contributed by atoms with Crippen LogP contribution in [0.15, 0.2) is 29.4 Å². The molecule has 0 aliphatic rings.